The molecule has 180 valence electrons. The molecule has 0 aromatic carbocycles. The minimum atomic E-state index is -0.847. The van der Waals surface area contributed by atoms with Gasteiger partial charge in [-0.05, 0) is 42.7 Å². The number of carbonyl (C=O) groups is 2. The molecule has 3 aromatic rings. The summed E-state index contributed by atoms with van der Waals surface area (Å²) in [4.78, 5) is 34.2. The van der Waals surface area contributed by atoms with E-state index in [-0.39, 0.29) is 34.1 Å². The number of halogens is 2. The number of fused-ring (bicyclic) bond motifs is 1. The molecule has 7 nitrogen and oxygen atoms in total. The highest BCUT2D eigenvalue weighted by Gasteiger charge is 2.32. The van der Waals surface area contributed by atoms with Crippen LogP contribution in [0.5, 0.6) is 0 Å². The van der Waals surface area contributed by atoms with Crippen molar-refractivity contribution in [3.8, 4) is 0 Å². The molecule has 0 saturated heterocycles. The molecule has 0 unspecified atom stereocenters. The maximum Gasteiger partial charge on any atom is 0.296 e. The number of nitrogens with one attached hydrogen (secondary N) is 1. The Morgan fingerprint density at radius 2 is 1.97 bits per heavy atom. The molecular formula is C25H28Cl2N4O3. The van der Waals surface area contributed by atoms with E-state index < -0.39 is 11.7 Å². The van der Waals surface area contributed by atoms with Crippen LogP contribution in [0.15, 0.2) is 36.9 Å². The lowest BCUT2D eigenvalue weighted by Gasteiger charge is -2.37. The third-order valence-electron chi connectivity index (χ3n) is 6.57. The molecule has 1 fully saturated rings. The van der Waals surface area contributed by atoms with Gasteiger partial charge < -0.3 is 14.6 Å². The van der Waals surface area contributed by atoms with E-state index in [0.29, 0.717) is 28.8 Å². The molecule has 3 aromatic heterocycles. The van der Waals surface area contributed by atoms with Gasteiger partial charge in [-0.2, -0.15) is 0 Å². The molecule has 0 aliphatic heterocycles. The van der Waals surface area contributed by atoms with Gasteiger partial charge in [0, 0.05) is 30.2 Å². The van der Waals surface area contributed by atoms with Crippen LogP contribution in [0.25, 0.3) is 11.0 Å². The zero-order chi connectivity index (χ0) is 24.4. The number of rotatable bonds is 7. The van der Waals surface area contributed by atoms with Crippen LogP contribution in [0.1, 0.15) is 50.4 Å². The number of aromatic nitrogens is 3. The Morgan fingerprint density at radius 1 is 1.24 bits per heavy atom. The Kier molecular flexibility index (Phi) is 7.55. The molecule has 0 radical (unpaired) electrons. The van der Waals surface area contributed by atoms with Gasteiger partial charge in [-0.15, -0.1) is 0 Å². The lowest BCUT2D eigenvalue weighted by atomic mass is 9.75. The van der Waals surface area contributed by atoms with Crippen LogP contribution in [-0.2, 0) is 16.3 Å². The Bertz CT molecular complexity index is 1190. The van der Waals surface area contributed by atoms with E-state index in [2.05, 4.69) is 36.1 Å². The molecule has 9 heteroatoms. The van der Waals surface area contributed by atoms with Crippen LogP contribution in [0.3, 0.4) is 0 Å². The number of carbonyl (C=O) groups excluding carboxylic acids is 2. The largest absolute Gasteiger partial charge is 0.357 e. The van der Waals surface area contributed by atoms with Crippen LogP contribution >= 0.6 is 23.2 Å². The van der Waals surface area contributed by atoms with E-state index >= 15 is 0 Å². The molecule has 0 bridgehead atoms. The molecule has 1 aliphatic rings. The van der Waals surface area contributed by atoms with E-state index in [0.717, 1.165) is 12.8 Å². The molecule has 4 rings (SSSR count). The van der Waals surface area contributed by atoms with E-state index in [1.54, 1.807) is 29.1 Å². The average molecular weight is 503 g/mol. The number of amides is 1. The van der Waals surface area contributed by atoms with Crippen molar-refractivity contribution < 1.29 is 14.3 Å². The summed E-state index contributed by atoms with van der Waals surface area (Å²) >= 11 is 12.2. The van der Waals surface area contributed by atoms with Crippen molar-refractivity contribution in [2.45, 2.75) is 52.9 Å². The zero-order valence-electron chi connectivity index (χ0n) is 19.4. The van der Waals surface area contributed by atoms with Gasteiger partial charge in [-0.25, -0.2) is 4.98 Å². The first kappa shape index (κ1) is 24.6. The second kappa shape index (κ2) is 10.4. The van der Waals surface area contributed by atoms with Crippen LogP contribution in [0.2, 0.25) is 10.0 Å². The van der Waals surface area contributed by atoms with Crippen molar-refractivity contribution in [2.24, 2.45) is 17.8 Å². The fourth-order valence-corrected chi connectivity index (χ4v) is 5.17. The topological polar surface area (TPSA) is 86.1 Å². The summed E-state index contributed by atoms with van der Waals surface area (Å²) in [5, 5.41) is 3.38. The fraction of sp³-hybridized carbons (Fsp3) is 0.440. The van der Waals surface area contributed by atoms with Crippen molar-refractivity contribution in [1.82, 2.24) is 14.5 Å². The summed E-state index contributed by atoms with van der Waals surface area (Å²) in [6, 6.07) is 3.50. The number of pyridine rings is 2. The van der Waals surface area contributed by atoms with Crippen molar-refractivity contribution >= 4 is 51.6 Å². The van der Waals surface area contributed by atoms with Gasteiger partial charge in [0.05, 0.1) is 27.4 Å². The highest BCUT2D eigenvalue weighted by atomic mass is 35.5. The predicted octanol–water partition coefficient (Wildman–Crippen LogP) is 5.99. The second-order valence-electron chi connectivity index (χ2n) is 9.31. The second-order valence-corrected chi connectivity index (χ2v) is 10.1. The van der Waals surface area contributed by atoms with Crippen LogP contribution in [0.4, 0.5) is 5.69 Å². The van der Waals surface area contributed by atoms with Crippen molar-refractivity contribution in [1.29, 1.82) is 0 Å². The molecular weight excluding hydrogens is 475 g/mol. The molecule has 3 heterocycles. The summed E-state index contributed by atoms with van der Waals surface area (Å²) in [5.41, 5.74) is 0.972. The van der Waals surface area contributed by atoms with Crippen LogP contribution in [0, 0.1) is 17.8 Å². The smallest absolute Gasteiger partial charge is 0.296 e. The zero-order valence-corrected chi connectivity index (χ0v) is 20.9. The molecule has 3 atom stereocenters. The Labute approximate surface area is 208 Å². The highest BCUT2D eigenvalue weighted by molar-refractivity contribution is 6.50. The van der Waals surface area contributed by atoms with Gasteiger partial charge in [0.2, 0.25) is 0 Å². The SMILES string of the molecule is CC(C)[C@H]1CC[C@@H](C)C[C@@H]1OCn1cc(C(=O)C(=O)Nc2c(Cl)cncc2Cl)c2cccnc21. The quantitative estimate of drug-likeness (QED) is 0.316. The first-order chi connectivity index (χ1) is 16.3. The van der Waals surface area contributed by atoms with Gasteiger partial charge in [-0.3, -0.25) is 14.6 Å². The van der Waals surface area contributed by atoms with Gasteiger partial charge in [0.25, 0.3) is 11.7 Å². The predicted molar refractivity (Wildman–Crippen MR) is 133 cm³/mol. The third-order valence-corrected chi connectivity index (χ3v) is 7.14. The number of nitrogens with zero attached hydrogens (tertiary/aromatic N) is 3. The molecule has 1 aliphatic carbocycles. The lowest BCUT2D eigenvalue weighted by Crippen LogP contribution is -2.34. The highest BCUT2D eigenvalue weighted by Crippen LogP contribution is 2.36. The minimum absolute atomic E-state index is 0.142. The maximum absolute atomic E-state index is 13.1. The van der Waals surface area contributed by atoms with E-state index in [4.69, 9.17) is 27.9 Å². The first-order valence-electron chi connectivity index (χ1n) is 11.5. The number of hydrogen-bond donors (Lipinski definition) is 1. The summed E-state index contributed by atoms with van der Waals surface area (Å²) in [6.45, 7) is 6.99. The monoisotopic (exact) mass is 502 g/mol. The Hall–Kier alpha value is -2.48. The Morgan fingerprint density at radius 3 is 2.68 bits per heavy atom. The van der Waals surface area contributed by atoms with Crippen LogP contribution in [-0.4, -0.2) is 32.3 Å². The Balaban J connectivity index is 1.57. The molecule has 34 heavy (non-hydrogen) atoms. The average Bonchev–Trinajstić information content (AvgIpc) is 3.18. The number of anilines is 1. The van der Waals surface area contributed by atoms with E-state index in [1.165, 1.54) is 18.8 Å². The number of ketones is 1. The third kappa shape index (κ3) is 5.11. The van der Waals surface area contributed by atoms with Gasteiger partial charge >= 0.3 is 0 Å². The van der Waals surface area contributed by atoms with Crippen LogP contribution < -0.4 is 5.32 Å². The first-order valence-corrected chi connectivity index (χ1v) is 12.2. The standard InChI is InChI=1S/C25H28Cl2N4O3/c1-14(2)16-7-6-15(3)9-21(16)34-13-31-12-18(17-5-4-8-29-24(17)31)23(32)25(33)30-22-19(26)10-28-11-20(22)27/h4-5,8,10-12,14-16,21H,6-7,9,13H2,1-3H3,(H,28,30,33)/t15-,16-,21+/m1/s1. The molecule has 1 amide bonds. The van der Waals surface area contributed by atoms with E-state index in [9.17, 15) is 9.59 Å². The number of hydrogen-bond acceptors (Lipinski definition) is 5. The summed E-state index contributed by atoms with van der Waals surface area (Å²) < 4.78 is 8.16. The fourth-order valence-electron chi connectivity index (χ4n) is 4.71. The minimum Gasteiger partial charge on any atom is -0.357 e. The van der Waals surface area contributed by atoms with E-state index in [1.807, 2.05) is 0 Å². The molecule has 0 spiro atoms. The van der Waals surface area contributed by atoms with Gasteiger partial charge in [0.15, 0.2) is 0 Å². The number of Topliss-reactive ketones (excluding diaryl/α,β-unsaturated/α-hetero) is 1. The molecule has 1 saturated carbocycles. The summed E-state index contributed by atoms with van der Waals surface area (Å²) in [7, 11) is 0. The summed E-state index contributed by atoms with van der Waals surface area (Å²) in [6.07, 6.45) is 9.50. The lowest BCUT2D eigenvalue weighted by molar-refractivity contribution is -0.112. The van der Waals surface area contributed by atoms with Gasteiger partial charge in [-0.1, -0.05) is 50.4 Å². The number of ether oxygens (including phenoxy) is 1. The van der Waals surface area contributed by atoms with Gasteiger partial charge in [0.1, 0.15) is 12.4 Å². The van der Waals surface area contributed by atoms with Crippen molar-refractivity contribution in [2.75, 3.05) is 5.32 Å². The maximum atomic E-state index is 13.1. The molecule has 1 N–H and O–H groups in total. The normalized spacial score (nSPS) is 20.6. The van der Waals surface area contributed by atoms with Crippen molar-refractivity contribution in [3.63, 3.8) is 0 Å². The summed E-state index contributed by atoms with van der Waals surface area (Å²) in [5.74, 6) is 0.0801. The van der Waals surface area contributed by atoms with Crippen molar-refractivity contribution in [3.05, 3.63) is 52.5 Å².